The standard InChI is InChI=1S/C27H29F2N3O2/c1-31(2)27-23(26(33)30-17-20-10-13-24(28)25(29)15-20)16-21(11-12-22-9-6-14-34-22)32(27)18-19-7-4-3-5-8-19/h3-5,7-8,10-13,15-16,22H,6,9,14,17-18H2,1-2H3,(H,30,33)/b12-11+. The predicted octanol–water partition coefficient (Wildman–Crippen LogP) is 5.00. The minimum Gasteiger partial charge on any atom is -0.374 e. The number of benzene rings is 2. The zero-order valence-electron chi connectivity index (χ0n) is 19.4. The summed E-state index contributed by atoms with van der Waals surface area (Å²) in [4.78, 5) is 15.1. The van der Waals surface area contributed by atoms with Crippen LogP contribution in [-0.2, 0) is 17.8 Å². The molecule has 0 aliphatic carbocycles. The monoisotopic (exact) mass is 465 g/mol. The van der Waals surface area contributed by atoms with E-state index in [0.29, 0.717) is 17.7 Å². The number of hydrogen-bond donors (Lipinski definition) is 1. The van der Waals surface area contributed by atoms with Crippen LogP contribution >= 0.6 is 0 Å². The molecule has 5 nitrogen and oxygen atoms in total. The first-order valence-corrected chi connectivity index (χ1v) is 11.4. The third kappa shape index (κ3) is 5.54. The zero-order valence-corrected chi connectivity index (χ0v) is 19.4. The number of halogens is 2. The molecule has 1 aliphatic rings. The van der Waals surface area contributed by atoms with Crippen LogP contribution in [-0.4, -0.2) is 37.3 Å². The van der Waals surface area contributed by atoms with E-state index in [1.807, 2.05) is 55.4 Å². The summed E-state index contributed by atoms with van der Waals surface area (Å²) in [7, 11) is 3.80. The van der Waals surface area contributed by atoms with Crippen molar-refractivity contribution in [2.24, 2.45) is 0 Å². The Morgan fingerprint density at radius 1 is 1.12 bits per heavy atom. The van der Waals surface area contributed by atoms with E-state index < -0.39 is 11.6 Å². The van der Waals surface area contributed by atoms with Gasteiger partial charge in [0.25, 0.3) is 5.91 Å². The number of nitrogens with one attached hydrogen (secondary N) is 1. The molecule has 0 radical (unpaired) electrons. The highest BCUT2D eigenvalue weighted by atomic mass is 19.2. The van der Waals surface area contributed by atoms with Gasteiger partial charge in [-0.1, -0.05) is 42.5 Å². The molecule has 1 fully saturated rings. The Morgan fingerprint density at radius 3 is 2.59 bits per heavy atom. The normalized spacial score (nSPS) is 15.7. The summed E-state index contributed by atoms with van der Waals surface area (Å²) < 4.78 is 34.6. The summed E-state index contributed by atoms with van der Waals surface area (Å²) in [6, 6.07) is 15.5. The molecule has 0 spiro atoms. The van der Waals surface area contributed by atoms with Crippen LogP contribution in [0.3, 0.4) is 0 Å². The molecule has 2 aromatic carbocycles. The van der Waals surface area contributed by atoms with E-state index in [9.17, 15) is 13.6 Å². The molecule has 1 unspecified atom stereocenters. The number of carbonyl (C=O) groups is 1. The molecular weight excluding hydrogens is 436 g/mol. The molecule has 3 aromatic rings. The van der Waals surface area contributed by atoms with Crippen molar-refractivity contribution in [1.29, 1.82) is 0 Å². The number of anilines is 1. The first-order chi connectivity index (χ1) is 16.4. The van der Waals surface area contributed by atoms with Crippen molar-refractivity contribution in [3.8, 4) is 0 Å². The van der Waals surface area contributed by atoms with E-state index in [1.54, 1.807) is 0 Å². The summed E-state index contributed by atoms with van der Waals surface area (Å²) >= 11 is 0. The fourth-order valence-electron chi connectivity index (χ4n) is 4.17. The van der Waals surface area contributed by atoms with Gasteiger partial charge in [-0.3, -0.25) is 4.79 Å². The largest absolute Gasteiger partial charge is 0.374 e. The highest BCUT2D eigenvalue weighted by Crippen LogP contribution is 2.28. The lowest BCUT2D eigenvalue weighted by Crippen LogP contribution is -2.26. The third-order valence-electron chi connectivity index (χ3n) is 5.84. The quantitative estimate of drug-likeness (QED) is 0.509. The number of amides is 1. The van der Waals surface area contributed by atoms with Gasteiger partial charge in [0.2, 0.25) is 0 Å². The maximum Gasteiger partial charge on any atom is 0.255 e. The lowest BCUT2D eigenvalue weighted by atomic mass is 10.2. The first kappa shape index (κ1) is 23.7. The minimum absolute atomic E-state index is 0.0773. The van der Waals surface area contributed by atoms with Gasteiger partial charge >= 0.3 is 0 Å². The van der Waals surface area contributed by atoms with Crippen molar-refractivity contribution in [2.75, 3.05) is 25.6 Å². The van der Waals surface area contributed by atoms with Gasteiger partial charge in [0.1, 0.15) is 5.82 Å². The van der Waals surface area contributed by atoms with E-state index in [-0.39, 0.29) is 18.6 Å². The lowest BCUT2D eigenvalue weighted by Gasteiger charge is -2.20. The molecule has 0 saturated carbocycles. The number of hydrogen-bond acceptors (Lipinski definition) is 3. The van der Waals surface area contributed by atoms with Crippen molar-refractivity contribution >= 4 is 17.8 Å². The minimum atomic E-state index is -0.934. The molecule has 1 aromatic heterocycles. The molecule has 34 heavy (non-hydrogen) atoms. The Bertz CT molecular complexity index is 1170. The number of nitrogens with zero attached hydrogens (tertiary/aromatic N) is 2. The average molecular weight is 466 g/mol. The second-order valence-electron chi connectivity index (χ2n) is 8.61. The smallest absolute Gasteiger partial charge is 0.255 e. The number of aromatic nitrogens is 1. The van der Waals surface area contributed by atoms with Crippen LogP contribution in [0.5, 0.6) is 0 Å². The van der Waals surface area contributed by atoms with Crippen molar-refractivity contribution in [2.45, 2.75) is 32.0 Å². The van der Waals surface area contributed by atoms with E-state index >= 15 is 0 Å². The van der Waals surface area contributed by atoms with Crippen LogP contribution < -0.4 is 10.2 Å². The highest BCUT2D eigenvalue weighted by molar-refractivity contribution is 6.00. The van der Waals surface area contributed by atoms with Gasteiger partial charge in [-0.05, 0) is 48.2 Å². The van der Waals surface area contributed by atoms with Gasteiger partial charge in [-0.2, -0.15) is 0 Å². The van der Waals surface area contributed by atoms with E-state index in [2.05, 4.69) is 22.0 Å². The molecule has 1 saturated heterocycles. The fourth-order valence-corrected chi connectivity index (χ4v) is 4.17. The van der Waals surface area contributed by atoms with Gasteiger partial charge in [0, 0.05) is 39.5 Å². The van der Waals surface area contributed by atoms with Gasteiger partial charge < -0.3 is 19.5 Å². The molecule has 4 rings (SSSR count). The van der Waals surface area contributed by atoms with E-state index in [0.717, 1.165) is 48.7 Å². The maximum atomic E-state index is 13.6. The van der Waals surface area contributed by atoms with Crippen LogP contribution in [0.15, 0.2) is 60.7 Å². The van der Waals surface area contributed by atoms with Gasteiger partial charge in [-0.25, -0.2) is 8.78 Å². The molecule has 0 bridgehead atoms. The Hall–Kier alpha value is -3.45. The van der Waals surface area contributed by atoms with Crippen molar-refractivity contribution in [3.63, 3.8) is 0 Å². The summed E-state index contributed by atoms with van der Waals surface area (Å²) in [5.74, 6) is -1.37. The molecular formula is C27H29F2N3O2. The van der Waals surface area contributed by atoms with Gasteiger partial charge in [0.05, 0.1) is 11.7 Å². The average Bonchev–Trinajstić information content (AvgIpc) is 3.47. The molecule has 1 atom stereocenters. The molecule has 1 amide bonds. The van der Waals surface area contributed by atoms with E-state index in [1.165, 1.54) is 6.07 Å². The molecule has 7 heteroatoms. The van der Waals surface area contributed by atoms with Crippen LogP contribution in [0.1, 0.15) is 40.0 Å². The highest BCUT2D eigenvalue weighted by Gasteiger charge is 2.22. The summed E-state index contributed by atoms with van der Waals surface area (Å²) in [6.45, 7) is 1.45. The summed E-state index contributed by atoms with van der Waals surface area (Å²) in [6.07, 6.45) is 6.16. The Kier molecular flexibility index (Phi) is 7.43. The van der Waals surface area contributed by atoms with Crippen LogP contribution in [0.2, 0.25) is 0 Å². The molecule has 1 N–H and O–H groups in total. The zero-order chi connectivity index (χ0) is 24.1. The SMILES string of the molecule is CN(C)c1c(C(=O)NCc2ccc(F)c(F)c2)cc(/C=C/C2CCCO2)n1Cc1ccccc1. The van der Waals surface area contributed by atoms with Crippen LogP contribution in [0.4, 0.5) is 14.6 Å². The molecule has 178 valence electrons. The Balaban J connectivity index is 1.65. The van der Waals surface area contributed by atoms with Crippen molar-refractivity contribution < 1.29 is 18.3 Å². The van der Waals surface area contributed by atoms with Crippen LogP contribution in [0.25, 0.3) is 6.08 Å². The Labute approximate surface area is 198 Å². The van der Waals surface area contributed by atoms with Crippen LogP contribution in [0, 0.1) is 11.6 Å². The summed E-state index contributed by atoms with van der Waals surface area (Å²) in [5, 5.41) is 2.84. The van der Waals surface area contributed by atoms with Gasteiger partial charge in [0.15, 0.2) is 11.6 Å². The van der Waals surface area contributed by atoms with Crippen molar-refractivity contribution in [1.82, 2.24) is 9.88 Å². The third-order valence-corrected chi connectivity index (χ3v) is 5.84. The van der Waals surface area contributed by atoms with E-state index in [4.69, 9.17) is 4.74 Å². The van der Waals surface area contributed by atoms with Gasteiger partial charge in [-0.15, -0.1) is 0 Å². The first-order valence-electron chi connectivity index (χ1n) is 11.4. The summed E-state index contributed by atoms with van der Waals surface area (Å²) in [5.41, 5.74) is 3.00. The molecule has 1 aliphatic heterocycles. The number of rotatable bonds is 8. The fraction of sp³-hybridized carbons (Fsp3) is 0.296. The topological polar surface area (TPSA) is 46.5 Å². The Morgan fingerprint density at radius 2 is 1.91 bits per heavy atom. The number of carbonyl (C=O) groups excluding carboxylic acids is 1. The lowest BCUT2D eigenvalue weighted by molar-refractivity contribution is 0.0951. The molecule has 2 heterocycles. The maximum absolute atomic E-state index is 13.6. The predicted molar refractivity (Wildman–Crippen MR) is 130 cm³/mol. The van der Waals surface area contributed by atoms with Crippen molar-refractivity contribution in [3.05, 3.63) is 94.7 Å². The second kappa shape index (κ2) is 10.7. The number of ether oxygens (including phenoxy) is 1. The second-order valence-corrected chi connectivity index (χ2v) is 8.61.